The van der Waals surface area contributed by atoms with E-state index in [2.05, 4.69) is 11.5 Å². The molecule has 3 heteroatoms. The van der Waals surface area contributed by atoms with Crippen LogP contribution >= 0.6 is 0 Å². The maximum Gasteiger partial charge on any atom is 0.253 e. The third-order valence-corrected chi connectivity index (χ3v) is 2.56. The fraction of sp³-hybridized carbons (Fsp3) is 0.556. The van der Waals surface area contributed by atoms with Gasteiger partial charge < -0.3 is 0 Å². The van der Waals surface area contributed by atoms with Gasteiger partial charge in [0.2, 0.25) is 0 Å². The molecule has 0 saturated carbocycles. The van der Waals surface area contributed by atoms with Gasteiger partial charge in [0.15, 0.2) is 6.29 Å². The highest BCUT2D eigenvalue weighted by molar-refractivity contribution is 5.49. The number of carbonyl (C=O) groups is 1. The van der Waals surface area contributed by atoms with E-state index in [4.69, 9.17) is 0 Å². The summed E-state index contributed by atoms with van der Waals surface area (Å²) in [7, 11) is 2.01. The van der Waals surface area contributed by atoms with Crippen molar-refractivity contribution in [3.63, 3.8) is 0 Å². The minimum absolute atomic E-state index is 0.458. The Balaban J connectivity index is 3.27. The van der Waals surface area contributed by atoms with Crippen LogP contribution in [0.25, 0.3) is 0 Å². The second-order valence-corrected chi connectivity index (χ2v) is 3.05. The summed E-state index contributed by atoms with van der Waals surface area (Å²) in [5.74, 6) is 1.12. The molecule has 0 unspecified atom stereocenters. The predicted molar refractivity (Wildman–Crippen MR) is 45.9 cm³/mol. The molecule has 0 saturated heterocycles. The molecule has 0 radical (unpaired) electrons. The molecule has 0 fully saturated rings. The van der Waals surface area contributed by atoms with Crippen LogP contribution in [0.4, 0.5) is 0 Å². The molecule has 3 nitrogen and oxygen atoms in total. The minimum Gasteiger partial charge on any atom is -0.299 e. The minimum atomic E-state index is 0.458. The molecule has 1 rings (SSSR count). The number of imidazole rings is 1. The Morgan fingerprint density at radius 1 is 1.42 bits per heavy atom. The number of nitrogens with zero attached hydrogens (tertiary/aromatic N) is 2. The van der Waals surface area contributed by atoms with Gasteiger partial charge in [-0.2, -0.15) is 0 Å². The molecule has 0 spiro atoms. The summed E-state index contributed by atoms with van der Waals surface area (Å²) in [4.78, 5) is 10.4. The molecule has 1 aromatic rings. The number of aldehydes is 1. The molecule has 0 bridgehead atoms. The first-order valence-electron chi connectivity index (χ1n) is 4.05. The van der Waals surface area contributed by atoms with Gasteiger partial charge in [0.25, 0.3) is 5.82 Å². The highest BCUT2D eigenvalue weighted by Gasteiger charge is 2.18. The average Bonchev–Trinajstić information content (AvgIpc) is 2.23. The van der Waals surface area contributed by atoms with Crippen molar-refractivity contribution in [3.8, 4) is 0 Å². The van der Waals surface area contributed by atoms with Gasteiger partial charge in [0.1, 0.15) is 17.9 Å². The lowest BCUT2D eigenvalue weighted by Gasteiger charge is -1.92. The molecular formula is C9H15N2O+. The summed E-state index contributed by atoms with van der Waals surface area (Å²) in [5, 5.41) is 0. The first-order chi connectivity index (χ1) is 5.59. The van der Waals surface area contributed by atoms with Crippen LogP contribution in [0.2, 0.25) is 0 Å². The first-order valence-corrected chi connectivity index (χ1v) is 4.05. The van der Waals surface area contributed by atoms with Crippen LogP contribution in [0.3, 0.4) is 0 Å². The lowest BCUT2D eigenvalue weighted by Crippen LogP contribution is -2.33. The topological polar surface area (TPSA) is 25.9 Å². The number of aromatic nitrogens is 2. The van der Waals surface area contributed by atoms with E-state index >= 15 is 0 Å². The Hall–Kier alpha value is -1.12. The van der Waals surface area contributed by atoms with Gasteiger partial charge in [-0.3, -0.25) is 4.79 Å². The van der Waals surface area contributed by atoms with Gasteiger partial charge in [-0.15, -0.1) is 0 Å². The van der Waals surface area contributed by atoms with Gasteiger partial charge >= 0.3 is 0 Å². The van der Waals surface area contributed by atoms with Crippen LogP contribution in [0, 0.1) is 20.8 Å². The maximum atomic E-state index is 10.4. The third kappa shape index (κ3) is 1.15. The van der Waals surface area contributed by atoms with E-state index in [0.29, 0.717) is 6.54 Å². The summed E-state index contributed by atoms with van der Waals surface area (Å²) in [6.07, 6.45) is 0.930. The van der Waals surface area contributed by atoms with E-state index in [1.165, 1.54) is 11.4 Å². The summed E-state index contributed by atoms with van der Waals surface area (Å²) in [5.41, 5.74) is 2.39. The average molecular weight is 167 g/mol. The van der Waals surface area contributed by atoms with Gasteiger partial charge in [-0.05, 0) is 0 Å². The molecule has 0 aliphatic heterocycles. The van der Waals surface area contributed by atoms with Crippen molar-refractivity contribution < 1.29 is 9.36 Å². The molecule has 66 valence electrons. The number of hydrogen-bond acceptors (Lipinski definition) is 1. The molecule has 0 aliphatic rings. The summed E-state index contributed by atoms with van der Waals surface area (Å²) in [6, 6.07) is 0. The standard InChI is InChI=1S/C9H15N2O/c1-7-8(2)11(5-6-12)9(3)10(7)4/h6H,5H2,1-4H3/q+1. The lowest BCUT2D eigenvalue weighted by atomic mass is 10.4. The molecule has 1 aromatic heterocycles. The van der Waals surface area contributed by atoms with Crippen molar-refractivity contribution in [2.45, 2.75) is 27.3 Å². The maximum absolute atomic E-state index is 10.4. The van der Waals surface area contributed by atoms with Crippen LogP contribution in [0.5, 0.6) is 0 Å². The Bertz CT molecular complexity index is 287. The Kier molecular flexibility index (Phi) is 2.31. The van der Waals surface area contributed by atoms with Crippen LogP contribution in [-0.4, -0.2) is 10.9 Å². The van der Waals surface area contributed by atoms with Crippen LogP contribution in [0.15, 0.2) is 0 Å². The van der Waals surface area contributed by atoms with Gasteiger partial charge in [-0.1, -0.05) is 0 Å². The lowest BCUT2D eigenvalue weighted by molar-refractivity contribution is -0.683. The molecule has 0 N–H and O–H groups in total. The largest absolute Gasteiger partial charge is 0.299 e. The smallest absolute Gasteiger partial charge is 0.253 e. The van der Waals surface area contributed by atoms with E-state index in [0.717, 1.165) is 12.1 Å². The molecule has 12 heavy (non-hydrogen) atoms. The molecule has 0 amide bonds. The molecule has 0 aliphatic carbocycles. The first kappa shape index (κ1) is 8.97. The summed E-state index contributed by atoms with van der Waals surface area (Å²) < 4.78 is 4.11. The summed E-state index contributed by atoms with van der Waals surface area (Å²) >= 11 is 0. The van der Waals surface area contributed by atoms with Gasteiger partial charge in [0.05, 0.1) is 7.05 Å². The van der Waals surface area contributed by atoms with Crippen molar-refractivity contribution in [2.24, 2.45) is 7.05 Å². The number of carbonyl (C=O) groups excluding carboxylic acids is 1. The van der Waals surface area contributed by atoms with E-state index in [1.54, 1.807) is 0 Å². The van der Waals surface area contributed by atoms with Crippen molar-refractivity contribution in [1.29, 1.82) is 0 Å². The zero-order valence-electron chi connectivity index (χ0n) is 8.09. The highest BCUT2D eigenvalue weighted by Crippen LogP contribution is 2.05. The Labute approximate surface area is 72.6 Å². The van der Waals surface area contributed by atoms with Crippen LogP contribution < -0.4 is 4.57 Å². The second kappa shape index (κ2) is 3.09. The number of rotatable bonds is 2. The predicted octanol–water partition coefficient (Wildman–Crippen LogP) is 0.437. The Morgan fingerprint density at radius 2 is 2.00 bits per heavy atom. The fourth-order valence-electron chi connectivity index (χ4n) is 1.45. The molecular weight excluding hydrogens is 152 g/mol. The van der Waals surface area contributed by atoms with Crippen LogP contribution in [-0.2, 0) is 18.4 Å². The molecule has 1 heterocycles. The van der Waals surface area contributed by atoms with E-state index < -0.39 is 0 Å². The summed E-state index contributed by atoms with van der Waals surface area (Å²) in [6.45, 7) is 6.57. The van der Waals surface area contributed by atoms with Gasteiger partial charge in [0, 0.05) is 20.8 Å². The van der Waals surface area contributed by atoms with E-state index in [-0.39, 0.29) is 0 Å². The quantitative estimate of drug-likeness (QED) is 0.463. The normalized spacial score (nSPS) is 10.3. The SMILES string of the molecule is Cc1c(C)[n+](C)c(C)n1CC=O. The zero-order valence-corrected chi connectivity index (χ0v) is 8.09. The van der Waals surface area contributed by atoms with E-state index in [9.17, 15) is 4.79 Å². The van der Waals surface area contributed by atoms with E-state index in [1.807, 2.05) is 25.5 Å². The van der Waals surface area contributed by atoms with Crippen molar-refractivity contribution in [1.82, 2.24) is 4.57 Å². The second-order valence-electron chi connectivity index (χ2n) is 3.05. The van der Waals surface area contributed by atoms with Crippen LogP contribution in [0.1, 0.15) is 17.2 Å². The van der Waals surface area contributed by atoms with Crippen molar-refractivity contribution in [3.05, 3.63) is 17.2 Å². The monoisotopic (exact) mass is 167 g/mol. The molecule has 0 atom stereocenters. The Morgan fingerprint density at radius 3 is 2.33 bits per heavy atom. The number of hydrogen-bond donors (Lipinski definition) is 0. The van der Waals surface area contributed by atoms with Crippen molar-refractivity contribution in [2.75, 3.05) is 0 Å². The zero-order chi connectivity index (χ0) is 9.30. The molecule has 0 aromatic carbocycles. The van der Waals surface area contributed by atoms with Crippen molar-refractivity contribution >= 4 is 6.29 Å². The fourth-order valence-corrected chi connectivity index (χ4v) is 1.45. The highest BCUT2D eigenvalue weighted by atomic mass is 16.1. The third-order valence-electron chi connectivity index (χ3n) is 2.56. The van der Waals surface area contributed by atoms with Gasteiger partial charge in [-0.25, -0.2) is 9.13 Å².